The van der Waals surface area contributed by atoms with Crippen molar-refractivity contribution in [1.29, 1.82) is 0 Å². The van der Waals surface area contributed by atoms with Crippen LogP contribution < -0.4 is 0 Å². The van der Waals surface area contributed by atoms with E-state index in [0.717, 1.165) is 19.3 Å². The molecule has 10 heavy (non-hydrogen) atoms. The van der Waals surface area contributed by atoms with Gasteiger partial charge in [-0.3, -0.25) is 4.55 Å². The van der Waals surface area contributed by atoms with Gasteiger partial charge in [-0.2, -0.15) is 4.21 Å². The average molecular weight is 168 g/mol. The summed E-state index contributed by atoms with van der Waals surface area (Å²) < 4.78 is 21.7. The number of hydrogen-bond donors (Lipinski definition) is 1. The molecule has 0 amide bonds. The molecule has 0 rings (SSSR count). The van der Waals surface area contributed by atoms with Crippen LogP contribution in [0, 0.1) is 0 Å². The van der Waals surface area contributed by atoms with Gasteiger partial charge in [0, 0.05) is 0 Å². The zero-order valence-electron chi connectivity index (χ0n) is 5.91. The van der Waals surface area contributed by atoms with Gasteiger partial charge in [-0.1, -0.05) is 19.8 Å². The maximum absolute atomic E-state index is 9.80. The van der Waals surface area contributed by atoms with Crippen LogP contribution in [-0.4, -0.2) is 15.4 Å². The Labute approximate surface area is 62.9 Å². The van der Waals surface area contributed by atoms with E-state index in [2.05, 4.69) is 16.1 Å². The summed E-state index contributed by atoms with van der Waals surface area (Å²) in [5, 5.41) is 0. The van der Waals surface area contributed by atoms with Gasteiger partial charge in [0.15, 0.2) is 0 Å². The molecule has 0 bridgehead atoms. The summed E-state index contributed by atoms with van der Waals surface area (Å²) in [6.45, 7) is 2.44. The van der Waals surface area contributed by atoms with E-state index in [1.807, 2.05) is 0 Å². The fourth-order valence-electron chi connectivity index (χ4n) is 0.486. The third-order valence-electron chi connectivity index (χ3n) is 0.938. The predicted octanol–water partition coefficient (Wildman–Crippen LogP) is 1.26. The first kappa shape index (κ1) is 10.0. The summed E-state index contributed by atoms with van der Waals surface area (Å²) in [5.74, 6) is 0. The second kappa shape index (κ2) is 7.14. The lowest BCUT2D eigenvalue weighted by Crippen LogP contribution is -1.98. The number of hydrogen-bond acceptors (Lipinski definition) is 3. The number of rotatable bonds is 6. The van der Waals surface area contributed by atoms with Crippen LogP contribution in [0.5, 0.6) is 0 Å². The van der Waals surface area contributed by atoms with Gasteiger partial charge in [-0.05, 0) is 6.42 Å². The molecule has 1 unspecified atom stereocenters. The zero-order chi connectivity index (χ0) is 7.82. The summed E-state index contributed by atoms with van der Waals surface area (Å²) >= 11 is -2.29. The van der Waals surface area contributed by atoms with Crippen molar-refractivity contribution >= 4 is 11.4 Å². The van der Waals surface area contributed by atoms with Gasteiger partial charge in [0.2, 0.25) is 0 Å². The van der Waals surface area contributed by atoms with E-state index in [0.29, 0.717) is 6.61 Å². The van der Waals surface area contributed by atoms with Crippen LogP contribution in [0.3, 0.4) is 0 Å². The lowest BCUT2D eigenvalue weighted by Gasteiger charge is -1.96. The molecule has 0 saturated carbocycles. The minimum Gasteiger partial charge on any atom is -0.282 e. The molecule has 0 fully saturated rings. The summed E-state index contributed by atoms with van der Waals surface area (Å²) in [5.41, 5.74) is 0. The molecule has 0 heterocycles. The molecule has 4 nitrogen and oxygen atoms in total. The van der Waals surface area contributed by atoms with Crippen LogP contribution in [-0.2, 0) is 20.6 Å². The van der Waals surface area contributed by atoms with Crippen LogP contribution >= 0.6 is 0 Å². The van der Waals surface area contributed by atoms with Crippen LogP contribution in [0.4, 0.5) is 0 Å². The Morgan fingerprint density at radius 3 is 2.70 bits per heavy atom. The summed E-state index contributed by atoms with van der Waals surface area (Å²) in [7, 11) is 0. The molecular formula is C5H12O4S. The van der Waals surface area contributed by atoms with Crippen molar-refractivity contribution in [3.63, 3.8) is 0 Å². The van der Waals surface area contributed by atoms with Crippen LogP contribution in [0.2, 0.25) is 0 Å². The second-order valence-electron chi connectivity index (χ2n) is 1.81. The molecule has 62 valence electrons. The Hall–Kier alpha value is 0.0300. The Balaban J connectivity index is 2.84. The zero-order valence-corrected chi connectivity index (χ0v) is 6.73. The van der Waals surface area contributed by atoms with Gasteiger partial charge < -0.3 is 0 Å². The smallest absolute Gasteiger partial charge is 0.282 e. The van der Waals surface area contributed by atoms with Gasteiger partial charge in [0.1, 0.15) is 0 Å². The number of unbranched alkanes of at least 4 members (excludes halogenated alkanes) is 2. The van der Waals surface area contributed by atoms with Crippen molar-refractivity contribution in [2.45, 2.75) is 26.2 Å². The van der Waals surface area contributed by atoms with Crippen LogP contribution in [0.15, 0.2) is 0 Å². The second-order valence-corrected chi connectivity index (χ2v) is 2.38. The average Bonchev–Trinajstić information content (AvgIpc) is 1.87. The molecule has 5 heteroatoms. The van der Waals surface area contributed by atoms with Crippen LogP contribution in [0.25, 0.3) is 0 Å². The van der Waals surface area contributed by atoms with E-state index >= 15 is 0 Å². The predicted molar refractivity (Wildman–Crippen MR) is 37.3 cm³/mol. The lowest BCUT2D eigenvalue weighted by molar-refractivity contribution is -0.202. The molecule has 0 spiro atoms. The quantitative estimate of drug-likeness (QED) is 0.281. The van der Waals surface area contributed by atoms with Crippen molar-refractivity contribution in [3.05, 3.63) is 0 Å². The highest BCUT2D eigenvalue weighted by molar-refractivity contribution is 7.74. The van der Waals surface area contributed by atoms with Crippen molar-refractivity contribution < 1.29 is 18.0 Å². The fourth-order valence-corrected chi connectivity index (χ4v) is 0.637. The van der Waals surface area contributed by atoms with Crippen molar-refractivity contribution in [1.82, 2.24) is 0 Å². The van der Waals surface area contributed by atoms with Gasteiger partial charge in [0.25, 0.3) is 0 Å². The van der Waals surface area contributed by atoms with E-state index < -0.39 is 11.4 Å². The molecule has 0 aromatic heterocycles. The lowest BCUT2D eigenvalue weighted by atomic mass is 10.3. The molecule has 0 radical (unpaired) electrons. The molecular weight excluding hydrogens is 156 g/mol. The molecule has 0 aliphatic carbocycles. The van der Waals surface area contributed by atoms with Gasteiger partial charge in [0.05, 0.1) is 6.61 Å². The third kappa shape index (κ3) is 8.03. The molecule has 0 aromatic carbocycles. The van der Waals surface area contributed by atoms with Crippen molar-refractivity contribution in [2.75, 3.05) is 6.61 Å². The SMILES string of the molecule is CCCCCOOS(=O)O. The van der Waals surface area contributed by atoms with E-state index in [1.54, 1.807) is 0 Å². The highest BCUT2D eigenvalue weighted by atomic mass is 32.2. The molecule has 0 saturated heterocycles. The summed E-state index contributed by atoms with van der Waals surface area (Å²) in [6.07, 6.45) is 2.99. The van der Waals surface area contributed by atoms with E-state index in [1.165, 1.54) is 0 Å². The highest BCUT2D eigenvalue weighted by Crippen LogP contribution is 1.94. The van der Waals surface area contributed by atoms with Crippen molar-refractivity contribution in [2.24, 2.45) is 0 Å². The van der Waals surface area contributed by atoms with Crippen LogP contribution in [0.1, 0.15) is 26.2 Å². The fraction of sp³-hybridized carbons (Fsp3) is 1.00. The molecule has 1 N–H and O–H groups in total. The van der Waals surface area contributed by atoms with Crippen molar-refractivity contribution in [3.8, 4) is 0 Å². The Bertz CT molecular complexity index is 95.6. The largest absolute Gasteiger partial charge is 0.330 e. The third-order valence-corrected chi connectivity index (χ3v) is 1.15. The summed E-state index contributed by atoms with van der Waals surface area (Å²) in [6, 6.07) is 0. The molecule has 0 aliphatic rings. The van der Waals surface area contributed by atoms with E-state index in [9.17, 15) is 4.21 Å². The Morgan fingerprint density at radius 1 is 1.50 bits per heavy atom. The maximum Gasteiger partial charge on any atom is 0.330 e. The topological polar surface area (TPSA) is 55.8 Å². The Kier molecular flexibility index (Phi) is 7.16. The van der Waals surface area contributed by atoms with E-state index in [4.69, 9.17) is 4.55 Å². The van der Waals surface area contributed by atoms with Gasteiger partial charge in [-0.15, -0.1) is 4.33 Å². The minimum atomic E-state index is -2.29. The van der Waals surface area contributed by atoms with Gasteiger partial charge in [-0.25, -0.2) is 4.89 Å². The monoisotopic (exact) mass is 168 g/mol. The maximum atomic E-state index is 9.80. The minimum absolute atomic E-state index is 0.375. The highest BCUT2D eigenvalue weighted by Gasteiger charge is 1.92. The summed E-state index contributed by atoms with van der Waals surface area (Å²) in [4.78, 5) is 4.35. The molecule has 0 aromatic rings. The molecule has 0 aliphatic heterocycles. The first-order valence-electron chi connectivity index (χ1n) is 3.18. The Morgan fingerprint density at radius 2 is 2.20 bits per heavy atom. The van der Waals surface area contributed by atoms with Gasteiger partial charge >= 0.3 is 11.4 Å². The standard InChI is InChI=1S/C5H12O4S/c1-2-3-4-5-8-9-10(6)7/h2-5H2,1H3,(H,6,7). The normalized spacial score (nSPS) is 13.4. The first-order chi connectivity index (χ1) is 4.77. The van der Waals surface area contributed by atoms with E-state index in [-0.39, 0.29) is 0 Å². The first-order valence-corrected chi connectivity index (χ1v) is 4.21. The molecule has 1 atom stereocenters.